The molecule has 0 saturated heterocycles. The molecule has 0 aliphatic rings. The van der Waals surface area contributed by atoms with E-state index in [0.29, 0.717) is 10.6 Å². The highest BCUT2D eigenvalue weighted by Crippen LogP contribution is 2.30. The third-order valence-corrected chi connectivity index (χ3v) is 4.17. The molecule has 0 N–H and O–H groups in total. The number of halogens is 2. The van der Waals surface area contributed by atoms with Gasteiger partial charge >= 0.3 is 0 Å². The Labute approximate surface area is 138 Å². The smallest absolute Gasteiger partial charge is 0.253 e. The van der Waals surface area contributed by atoms with Gasteiger partial charge in [-0.1, -0.05) is 29.8 Å². The lowest BCUT2D eigenvalue weighted by Crippen LogP contribution is -1.99. The number of fused-ring (bicyclic) bond motifs is 1. The van der Waals surface area contributed by atoms with Gasteiger partial charge in [0, 0.05) is 27.7 Å². The number of hydrogen-bond donors (Lipinski definition) is 0. The van der Waals surface area contributed by atoms with Crippen LogP contribution in [-0.4, -0.2) is 10.2 Å². The zero-order chi connectivity index (χ0) is 15.9. The zero-order valence-corrected chi connectivity index (χ0v) is 13.7. The summed E-state index contributed by atoms with van der Waals surface area (Å²) in [5.41, 5.74) is 5.12. The van der Waals surface area contributed by atoms with Crippen LogP contribution in [0.4, 0.5) is 0 Å². The van der Waals surface area contributed by atoms with E-state index in [-0.39, 0.29) is 0 Å². The number of aryl methyl sites for hydroxylation is 2. The van der Waals surface area contributed by atoms with Crippen molar-refractivity contribution in [2.75, 3.05) is 0 Å². The van der Waals surface area contributed by atoms with E-state index < -0.39 is 5.24 Å². The first-order chi connectivity index (χ1) is 10.5. The molecule has 0 aliphatic carbocycles. The van der Waals surface area contributed by atoms with Crippen LogP contribution in [0.2, 0.25) is 5.02 Å². The highest BCUT2D eigenvalue weighted by atomic mass is 35.5. The number of pyridine rings is 1. The minimum atomic E-state index is -0.461. The van der Waals surface area contributed by atoms with Gasteiger partial charge < -0.3 is 0 Å². The average molecular weight is 330 g/mol. The van der Waals surface area contributed by atoms with Crippen molar-refractivity contribution in [1.29, 1.82) is 0 Å². The molecule has 0 amide bonds. The molecule has 0 spiro atoms. The molecule has 110 valence electrons. The second-order valence-corrected chi connectivity index (χ2v) is 6.07. The largest absolute Gasteiger partial charge is 0.276 e. The zero-order valence-electron chi connectivity index (χ0n) is 12.2. The van der Waals surface area contributed by atoms with Gasteiger partial charge in [-0.05, 0) is 60.3 Å². The monoisotopic (exact) mass is 329 g/mol. The lowest BCUT2D eigenvalue weighted by Gasteiger charge is -2.11. The Bertz CT molecular complexity index is 886. The molecule has 0 fully saturated rings. The first-order valence-corrected chi connectivity index (χ1v) is 7.58. The van der Waals surface area contributed by atoms with E-state index in [0.717, 1.165) is 33.2 Å². The van der Waals surface area contributed by atoms with Crippen LogP contribution < -0.4 is 0 Å². The number of carbonyl (C=O) groups excluding carboxylic acids is 1. The van der Waals surface area contributed by atoms with Gasteiger partial charge in [-0.2, -0.15) is 0 Å². The minimum Gasteiger partial charge on any atom is -0.276 e. The molecular weight excluding hydrogens is 317 g/mol. The molecule has 3 aromatic rings. The van der Waals surface area contributed by atoms with E-state index in [1.165, 1.54) is 0 Å². The van der Waals surface area contributed by atoms with Gasteiger partial charge in [0.25, 0.3) is 5.24 Å². The van der Waals surface area contributed by atoms with Crippen molar-refractivity contribution in [2.45, 2.75) is 13.8 Å². The summed E-state index contributed by atoms with van der Waals surface area (Å²) in [4.78, 5) is 16.3. The lowest BCUT2D eigenvalue weighted by molar-refractivity contribution is 0.108. The van der Waals surface area contributed by atoms with Gasteiger partial charge in [-0.15, -0.1) is 0 Å². The van der Waals surface area contributed by atoms with Gasteiger partial charge in [0.15, 0.2) is 0 Å². The predicted molar refractivity (Wildman–Crippen MR) is 91.8 cm³/mol. The lowest BCUT2D eigenvalue weighted by atomic mass is 9.97. The molecule has 2 nitrogen and oxygen atoms in total. The topological polar surface area (TPSA) is 30.0 Å². The summed E-state index contributed by atoms with van der Waals surface area (Å²) in [7, 11) is 0. The molecule has 22 heavy (non-hydrogen) atoms. The maximum atomic E-state index is 11.8. The van der Waals surface area contributed by atoms with E-state index >= 15 is 0 Å². The number of nitrogens with zero attached hydrogens (tertiary/aromatic N) is 1. The highest BCUT2D eigenvalue weighted by molar-refractivity contribution is 6.68. The molecule has 1 aromatic heterocycles. The molecule has 4 heteroatoms. The molecular formula is C18H13Cl2NO. The van der Waals surface area contributed by atoms with Gasteiger partial charge in [-0.25, -0.2) is 0 Å². The fourth-order valence-electron chi connectivity index (χ4n) is 2.71. The summed E-state index contributed by atoms with van der Waals surface area (Å²) < 4.78 is 0. The number of benzene rings is 2. The van der Waals surface area contributed by atoms with Crippen molar-refractivity contribution in [2.24, 2.45) is 0 Å². The molecule has 2 aromatic carbocycles. The summed E-state index contributed by atoms with van der Waals surface area (Å²) >= 11 is 11.7. The Kier molecular flexibility index (Phi) is 3.90. The summed E-state index contributed by atoms with van der Waals surface area (Å²) in [5, 5.41) is 1.00. The van der Waals surface area contributed by atoms with Crippen LogP contribution >= 0.6 is 23.2 Å². The minimum absolute atomic E-state index is 0.461. The molecule has 0 aliphatic heterocycles. The Hall–Kier alpha value is -1.90. The van der Waals surface area contributed by atoms with Crippen molar-refractivity contribution in [3.63, 3.8) is 0 Å². The van der Waals surface area contributed by atoms with Crippen molar-refractivity contribution < 1.29 is 4.79 Å². The van der Waals surface area contributed by atoms with E-state index in [9.17, 15) is 4.79 Å². The van der Waals surface area contributed by atoms with Crippen molar-refractivity contribution >= 4 is 39.3 Å². The van der Waals surface area contributed by atoms with Crippen molar-refractivity contribution in [3.8, 4) is 11.1 Å². The standard InChI is InChI=1S/C18H13Cl2NO/c1-10-7-11(2)17-15(16(10)18(20)22)8-13(9-21-17)12-3-5-14(19)6-4-12/h3-9H,1-2H3. The number of aromatic nitrogens is 1. The molecule has 0 saturated carbocycles. The SMILES string of the molecule is Cc1cc(C)c2ncc(-c3ccc(Cl)cc3)cc2c1C(=O)Cl. The Morgan fingerprint density at radius 1 is 1.00 bits per heavy atom. The normalized spacial score (nSPS) is 10.9. The van der Waals surface area contributed by atoms with E-state index in [1.54, 1.807) is 6.20 Å². The molecule has 0 atom stereocenters. The Morgan fingerprint density at radius 3 is 2.32 bits per heavy atom. The van der Waals surface area contributed by atoms with Crippen LogP contribution in [0.3, 0.4) is 0 Å². The van der Waals surface area contributed by atoms with Crippen LogP contribution in [-0.2, 0) is 0 Å². The van der Waals surface area contributed by atoms with E-state index in [2.05, 4.69) is 4.98 Å². The van der Waals surface area contributed by atoms with Crippen LogP contribution in [0.15, 0.2) is 42.6 Å². The van der Waals surface area contributed by atoms with Gasteiger partial charge in [0.2, 0.25) is 0 Å². The molecule has 0 bridgehead atoms. The summed E-state index contributed by atoms with van der Waals surface area (Å²) in [6.45, 7) is 3.86. The molecule has 0 radical (unpaired) electrons. The number of carbonyl (C=O) groups is 1. The molecule has 1 heterocycles. The summed E-state index contributed by atoms with van der Waals surface area (Å²) in [5.74, 6) is 0. The fourth-order valence-corrected chi connectivity index (χ4v) is 3.09. The van der Waals surface area contributed by atoms with Crippen molar-refractivity contribution in [3.05, 3.63) is 64.3 Å². The molecule has 0 unspecified atom stereocenters. The van der Waals surface area contributed by atoms with Gasteiger partial charge in [-0.3, -0.25) is 9.78 Å². The maximum absolute atomic E-state index is 11.8. The van der Waals surface area contributed by atoms with Gasteiger partial charge in [0.05, 0.1) is 5.52 Å². The van der Waals surface area contributed by atoms with Crippen LogP contribution in [0, 0.1) is 13.8 Å². The average Bonchev–Trinajstić information content (AvgIpc) is 2.47. The van der Waals surface area contributed by atoms with Crippen LogP contribution in [0.25, 0.3) is 22.0 Å². The number of rotatable bonds is 2. The Balaban J connectivity index is 2.30. The van der Waals surface area contributed by atoms with Crippen LogP contribution in [0.5, 0.6) is 0 Å². The van der Waals surface area contributed by atoms with Gasteiger partial charge in [0.1, 0.15) is 0 Å². The summed E-state index contributed by atoms with van der Waals surface area (Å²) in [6, 6.07) is 11.4. The second-order valence-electron chi connectivity index (χ2n) is 5.29. The quantitative estimate of drug-likeness (QED) is 0.577. The Morgan fingerprint density at radius 2 is 1.68 bits per heavy atom. The number of hydrogen-bond acceptors (Lipinski definition) is 2. The summed E-state index contributed by atoms with van der Waals surface area (Å²) in [6.07, 6.45) is 1.80. The van der Waals surface area contributed by atoms with E-state index in [1.807, 2.05) is 50.2 Å². The third-order valence-electron chi connectivity index (χ3n) is 3.73. The third kappa shape index (κ3) is 2.60. The first kappa shape index (κ1) is 15.0. The second kappa shape index (κ2) is 5.71. The first-order valence-electron chi connectivity index (χ1n) is 6.83. The predicted octanol–water partition coefficient (Wildman–Crippen LogP) is 5.55. The molecule has 3 rings (SSSR count). The van der Waals surface area contributed by atoms with Crippen molar-refractivity contribution in [1.82, 2.24) is 4.98 Å². The van der Waals surface area contributed by atoms with E-state index in [4.69, 9.17) is 23.2 Å². The maximum Gasteiger partial charge on any atom is 0.253 e. The van der Waals surface area contributed by atoms with Crippen LogP contribution in [0.1, 0.15) is 21.5 Å². The fraction of sp³-hybridized carbons (Fsp3) is 0.111. The highest BCUT2D eigenvalue weighted by Gasteiger charge is 2.15.